The van der Waals surface area contributed by atoms with E-state index in [4.69, 9.17) is 9.47 Å². The minimum atomic E-state index is -0.686. The average Bonchev–Trinajstić information content (AvgIpc) is 3.03. The zero-order chi connectivity index (χ0) is 23.4. The van der Waals surface area contributed by atoms with E-state index in [9.17, 15) is 24.5 Å². The first-order valence-electron chi connectivity index (χ1n) is 9.65. The molecule has 0 aliphatic carbocycles. The van der Waals surface area contributed by atoms with Crippen molar-refractivity contribution in [3.05, 3.63) is 86.6 Å². The molecule has 1 aliphatic heterocycles. The molecule has 2 aromatic carbocycles. The van der Waals surface area contributed by atoms with E-state index in [1.807, 2.05) is 0 Å². The maximum Gasteiger partial charge on any atom is 0.340 e. The highest BCUT2D eigenvalue weighted by Crippen LogP contribution is 2.35. The van der Waals surface area contributed by atoms with E-state index in [0.717, 1.165) is 0 Å². The third kappa shape index (κ3) is 4.27. The summed E-state index contributed by atoms with van der Waals surface area (Å²) in [6.45, 7) is 3.56. The van der Waals surface area contributed by atoms with Crippen LogP contribution < -0.4 is 4.90 Å². The van der Waals surface area contributed by atoms with E-state index in [1.165, 1.54) is 54.5 Å². The lowest BCUT2D eigenvalue weighted by Crippen LogP contribution is -2.24. The Hall–Kier alpha value is -4.27. The maximum absolute atomic E-state index is 13.3. The number of rotatable bonds is 6. The lowest BCUT2D eigenvalue weighted by molar-refractivity contribution is -0.384. The van der Waals surface area contributed by atoms with Gasteiger partial charge >= 0.3 is 11.9 Å². The molecule has 0 bridgehead atoms. The smallest absolute Gasteiger partial charge is 0.340 e. The van der Waals surface area contributed by atoms with E-state index in [-0.39, 0.29) is 23.4 Å². The molecule has 0 fully saturated rings. The highest BCUT2D eigenvalue weighted by atomic mass is 16.6. The Balaban J connectivity index is 2.02. The Kier molecular flexibility index (Phi) is 6.48. The molecule has 9 heteroatoms. The highest BCUT2D eigenvalue weighted by molar-refractivity contribution is 6.23. The zero-order valence-corrected chi connectivity index (χ0v) is 17.7. The summed E-state index contributed by atoms with van der Waals surface area (Å²) < 4.78 is 9.83. The van der Waals surface area contributed by atoms with Crippen LogP contribution in [0.2, 0.25) is 0 Å². The normalized spacial score (nSPS) is 14.7. The van der Waals surface area contributed by atoms with E-state index in [2.05, 4.69) is 0 Å². The van der Waals surface area contributed by atoms with Crippen molar-refractivity contribution in [2.24, 2.45) is 0 Å². The molecular formula is C23H20N2O7. The van der Waals surface area contributed by atoms with Crippen LogP contribution >= 0.6 is 0 Å². The topological polar surface area (TPSA) is 116 Å². The number of amides is 1. The summed E-state index contributed by atoms with van der Waals surface area (Å²) >= 11 is 0. The molecule has 0 saturated heterocycles. The van der Waals surface area contributed by atoms with Crippen molar-refractivity contribution in [1.82, 2.24) is 0 Å². The molecule has 1 aliphatic rings. The van der Waals surface area contributed by atoms with Gasteiger partial charge in [0.15, 0.2) is 0 Å². The quantitative estimate of drug-likeness (QED) is 0.294. The molecule has 32 heavy (non-hydrogen) atoms. The number of nitrogens with zero attached hydrogens (tertiary/aromatic N) is 2. The Morgan fingerprint density at radius 3 is 2.22 bits per heavy atom. The fourth-order valence-corrected chi connectivity index (χ4v) is 3.31. The minimum Gasteiger partial charge on any atom is -0.465 e. The van der Waals surface area contributed by atoms with Gasteiger partial charge in [-0.15, -0.1) is 0 Å². The van der Waals surface area contributed by atoms with Gasteiger partial charge in [0, 0.05) is 23.5 Å². The van der Waals surface area contributed by atoms with Gasteiger partial charge in [0.05, 0.1) is 35.3 Å². The van der Waals surface area contributed by atoms with Gasteiger partial charge < -0.3 is 9.47 Å². The van der Waals surface area contributed by atoms with Gasteiger partial charge in [-0.05, 0) is 61.9 Å². The summed E-state index contributed by atoms with van der Waals surface area (Å²) in [4.78, 5) is 49.3. The number of hydrogen-bond acceptors (Lipinski definition) is 7. The van der Waals surface area contributed by atoms with Crippen molar-refractivity contribution in [3.8, 4) is 0 Å². The second-order valence-electron chi connectivity index (χ2n) is 6.77. The summed E-state index contributed by atoms with van der Waals surface area (Å²) in [7, 11) is 1.22. The van der Waals surface area contributed by atoms with Crippen molar-refractivity contribution in [2.45, 2.75) is 13.8 Å². The number of carbonyl (C=O) groups excluding carboxylic acids is 3. The molecule has 9 nitrogen and oxygen atoms in total. The highest BCUT2D eigenvalue weighted by Gasteiger charge is 2.38. The summed E-state index contributed by atoms with van der Waals surface area (Å²) in [6, 6.07) is 11.8. The van der Waals surface area contributed by atoms with E-state index >= 15 is 0 Å². The number of carbonyl (C=O) groups is 3. The van der Waals surface area contributed by atoms with Crippen molar-refractivity contribution in [3.63, 3.8) is 0 Å². The van der Waals surface area contributed by atoms with Crippen LogP contribution in [0.1, 0.15) is 29.8 Å². The SMILES string of the molecule is CCOC(=O)c1ccc(N2C(=O)C(=Cc3ccc([N+](=O)[O-])cc3)C(C(=O)OC)=C2C)cc1. The minimum absolute atomic E-state index is 0.0883. The molecule has 164 valence electrons. The van der Waals surface area contributed by atoms with Crippen LogP contribution in [0.15, 0.2) is 65.4 Å². The predicted octanol–water partition coefficient (Wildman–Crippen LogP) is 3.65. The predicted molar refractivity (Wildman–Crippen MR) is 116 cm³/mol. The number of non-ortho nitro benzene ring substituents is 1. The molecule has 0 radical (unpaired) electrons. The first-order valence-corrected chi connectivity index (χ1v) is 9.65. The molecule has 1 heterocycles. The van der Waals surface area contributed by atoms with Crippen LogP contribution in [0.4, 0.5) is 11.4 Å². The Morgan fingerprint density at radius 2 is 1.69 bits per heavy atom. The third-order valence-electron chi connectivity index (χ3n) is 4.84. The first-order chi connectivity index (χ1) is 15.3. The number of ether oxygens (including phenoxy) is 2. The fraction of sp³-hybridized carbons (Fsp3) is 0.174. The van der Waals surface area contributed by atoms with Crippen molar-refractivity contribution >= 4 is 35.3 Å². The average molecular weight is 436 g/mol. The van der Waals surface area contributed by atoms with Crippen LogP contribution in [0.25, 0.3) is 6.08 Å². The van der Waals surface area contributed by atoms with Gasteiger partial charge in [-0.1, -0.05) is 0 Å². The lowest BCUT2D eigenvalue weighted by Gasteiger charge is -2.18. The zero-order valence-electron chi connectivity index (χ0n) is 17.7. The summed E-state index contributed by atoms with van der Waals surface area (Å²) in [5.74, 6) is -1.63. The van der Waals surface area contributed by atoms with Crippen LogP contribution in [0, 0.1) is 10.1 Å². The fourth-order valence-electron chi connectivity index (χ4n) is 3.31. The molecule has 0 unspecified atom stereocenters. The Labute approximate surface area is 183 Å². The van der Waals surface area contributed by atoms with Gasteiger partial charge in [0.2, 0.25) is 0 Å². The molecule has 0 aromatic heterocycles. The molecule has 0 saturated carbocycles. The van der Waals surface area contributed by atoms with Crippen LogP contribution in [-0.4, -0.2) is 36.5 Å². The molecule has 1 amide bonds. The van der Waals surface area contributed by atoms with Gasteiger partial charge in [-0.3, -0.25) is 19.8 Å². The van der Waals surface area contributed by atoms with Crippen LogP contribution in [0.3, 0.4) is 0 Å². The molecule has 3 rings (SSSR count). The standard InChI is InChI=1S/C23H20N2O7/c1-4-32-22(27)16-7-11-17(12-8-16)24-14(2)20(23(28)31-3)19(21(24)26)13-15-5-9-18(10-6-15)25(29)30/h5-13H,4H2,1-3H3. The van der Waals surface area contributed by atoms with E-state index in [1.54, 1.807) is 26.0 Å². The Bertz CT molecular complexity index is 1150. The monoisotopic (exact) mass is 436 g/mol. The largest absolute Gasteiger partial charge is 0.465 e. The van der Waals surface area contributed by atoms with Crippen molar-refractivity contribution in [2.75, 3.05) is 18.6 Å². The number of nitro groups is 1. The van der Waals surface area contributed by atoms with E-state index < -0.39 is 22.8 Å². The van der Waals surface area contributed by atoms with Crippen LogP contribution in [0.5, 0.6) is 0 Å². The maximum atomic E-state index is 13.3. The Morgan fingerprint density at radius 1 is 1.06 bits per heavy atom. The second-order valence-corrected chi connectivity index (χ2v) is 6.77. The third-order valence-corrected chi connectivity index (χ3v) is 4.84. The number of allylic oxidation sites excluding steroid dienone is 1. The molecule has 0 spiro atoms. The number of nitro benzene ring substituents is 1. The number of methoxy groups -OCH3 is 1. The van der Waals surface area contributed by atoms with Gasteiger partial charge in [0.1, 0.15) is 0 Å². The van der Waals surface area contributed by atoms with Crippen molar-refractivity contribution < 1.29 is 28.8 Å². The van der Waals surface area contributed by atoms with E-state index in [0.29, 0.717) is 22.5 Å². The van der Waals surface area contributed by atoms with Crippen molar-refractivity contribution in [1.29, 1.82) is 0 Å². The molecular weight excluding hydrogens is 416 g/mol. The van der Waals surface area contributed by atoms with Crippen LogP contribution in [-0.2, 0) is 19.1 Å². The number of esters is 2. The van der Waals surface area contributed by atoms with Gasteiger partial charge in [0.25, 0.3) is 11.6 Å². The van der Waals surface area contributed by atoms with Gasteiger partial charge in [-0.2, -0.15) is 0 Å². The summed E-state index contributed by atoms with van der Waals surface area (Å²) in [5.41, 5.74) is 1.75. The lowest BCUT2D eigenvalue weighted by atomic mass is 10.0. The number of hydrogen-bond donors (Lipinski definition) is 0. The first kappa shape index (κ1) is 22.4. The van der Waals surface area contributed by atoms with Gasteiger partial charge in [-0.25, -0.2) is 9.59 Å². The molecule has 0 atom stereocenters. The molecule has 0 N–H and O–H groups in total. The second kappa shape index (κ2) is 9.25. The summed E-state index contributed by atoms with van der Waals surface area (Å²) in [5, 5.41) is 10.9. The summed E-state index contributed by atoms with van der Waals surface area (Å²) in [6.07, 6.45) is 1.48. The molecule has 2 aromatic rings. The number of benzene rings is 2. The number of anilines is 1.